The molecule has 1 nitrogen and oxygen atoms in total. The Balaban J connectivity index is 2.09. The van der Waals surface area contributed by atoms with Crippen LogP contribution in [0.1, 0.15) is 65.2 Å². The Morgan fingerprint density at radius 1 is 1.07 bits per heavy atom. The molecule has 3 rings (SSSR count). The molecule has 2 bridgehead atoms. The highest BCUT2D eigenvalue weighted by Gasteiger charge is 2.50. The van der Waals surface area contributed by atoms with Crippen LogP contribution in [0.3, 0.4) is 0 Å². The van der Waals surface area contributed by atoms with Gasteiger partial charge in [-0.05, 0) is 57.3 Å². The smallest absolute Gasteiger partial charge is 0.135 e. The Kier molecular flexibility index (Phi) is 2.45. The van der Waals surface area contributed by atoms with E-state index in [2.05, 4.69) is 6.92 Å². The summed E-state index contributed by atoms with van der Waals surface area (Å²) < 4.78 is 0. The zero-order chi connectivity index (χ0) is 10.2. The van der Waals surface area contributed by atoms with Crippen molar-refractivity contribution in [3.05, 3.63) is 0 Å². The third-order valence-corrected chi connectivity index (χ3v) is 4.93. The van der Waals surface area contributed by atoms with Crippen molar-refractivity contribution in [1.29, 1.82) is 0 Å². The predicted molar refractivity (Wildman–Crippen MR) is 58.2 cm³/mol. The van der Waals surface area contributed by atoms with Crippen LogP contribution in [-0.4, -0.2) is 5.78 Å². The number of rotatable bonds is 3. The van der Waals surface area contributed by atoms with E-state index in [1.807, 2.05) is 0 Å². The molecule has 0 aromatic heterocycles. The number of Topliss-reactive ketones (excluding diaryl/α,β-unsaturated/α-hetero) is 1. The lowest BCUT2D eigenvalue weighted by Gasteiger charge is -2.52. The van der Waals surface area contributed by atoms with Gasteiger partial charge in [-0.25, -0.2) is 0 Å². The molecule has 80 valence electrons. The summed E-state index contributed by atoms with van der Waals surface area (Å²) in [5.41, 5.74) is 0.765. The first kappa shape index (κ1) is 10.2. The van der Waals surface area contributed by atoms with E-state index < -0.39 is 0 Å². The Hall–Kier alpha value is -0.330. The summed E-state index contributed by atoms with van der Waals surface area (Å²) in [6.07, 6.45) is 10.2. The van der Waals surface area contributed by atoms with Crippen LogP contribution in [0.2, 0.25) is 0 Å². The average Bonchev–Trinajstić information content (AvgIpc) is 2.20. The van der Waals surface area contributed by atoms with Gasteiger partial charge in [-0.3, -0.25) is 4.79 Å². The molecule has 3 fully saturated rings. The molecule has 0 aliphatic heterocycles. The van der Waals surface area contributed by atoms with Gasteiger partial charge in [0.1, 0.15) is 5.78 Å². The molecule has 0 radical (unpaired) electrons. The summed E-state index contributed by atoms with van der Waals surface area (Å²) in [6, 6.07) is 0. The molecule has 0 atom stereocenters. The van der Waals surface area contributed by atoms with Gasteiger partial charge in [0.05, 0.1) is 0 Å². The number of carbonyl (C=O) groups excluding carboxylic acids is 1. The Labute approximate surface area is 87.3 Å². The van der Waals surface area contributed by atoms with E-state index in [1.165, 1.54) is 51.4 Å². The highest BCUT2D eigenvalue weighted by atomic mass is 16.1. The molecule has 3 aliphatic carbocycles. The maximum absolute atomic E-state index is 11.6. The van der Waals surface area contributed by atoms with E-state index in [4.69, 9.17) is 0 Å². The monoisotopic (exact) mass is 194 g/mol. The molecule has 0 amide bonds. The molecular formula is C13H22O. The largest absolute Gasteiger partial charge is 0.299 e. The van der Waals surface area contributed by atoms with Crippen molar-refractivity contribution in [2.24, 2.45) is 10.8 Å². The Morgan fingerprint density at radius 2 is 1.57 bits per heavy atom. The molecular weight excluding hydrogens is 172 g/mol. The standard InChI is InChI=1S/C13H22O/c1-3-4-12-5-8-13(9-6-12,10-7-12)11(2)14/h3-10H2,1-2H3. The summed E-state index contributed by atoms with van der Waals surface area (Å²) in [7, 11) is 0. The minimum absolute atomic E-state index is 0.121. The zero-order valence-electron chi connectivity index (χ0n) is 9.57. The van der Waals surface area contributed by atoms with Gasteiger partial charge < -0.3 is 0 Å². The summed E-state index contributed by atoms with van der Waals surface area (Å²) in [6.45, 7) is 4.09. The first-order chi connectivity index (χ1) is 6.63. The molecule has 0 saturated heterocycles. The van der Waals surface area contributed by atoms with Crippen LogP contribution >= 0.6 is 0 Å². The average molecular weight is 194 g/mol. The predicted octanol–water partition coefficient (Wildman–Crippen LogP) is 3.72. The number of carbonyl (C=O) groups is 1. The normalized spacial score (nSPS) is 41.3. The van der Waals surface area contributed by atoms with Gasteiger partial charge in [0.2, 0.25) is 0 Å². The second-order valence-corrected chi connectivity index (χ2v) is 5.59. The van der Waals surface area contributed by atoms with Crippen molar-refractivity contribution in [3.8, 4) is 0 Å². The van der Waals surface area contributed by atoms with Gasteiger partial charge >= 0.3 is 0 Å². The fourth-order valence-corrected chi connectivity index (χ4v) is 3.70. The summed E-state index contributed by atoms with van der Waals surface area (Å²) in [5.74, 6) is 0.460. The van der Waals surface area contributed by atoms with Crippen LogP contribution in [0, 0.1) is 10.8 Å². The maximum Gasteiger partial charge on any atom is 0.135 e. The van der Waals surface area contributed by atoms with Crippen LogP contribution in [0.15, 0.2) is 0 Å². The molecule has 0 spiro atoms. The van der Waals surface area contributed by atoms with E-state index in [-0.39, 0.29) is 5.41 Å². The topological polar surface area (TPSA) is 17.1 Å². The highest BCUT2D eigenvalue weighted by Crippen LogP contribution is 2.58. The lowest BCUT2D eigenvalue weighted by atomic mass is 9.51. The van der Waals surface area contributed by atoms with Gasteiger partial charge in [0.25, 0.3) is 0 Å². The minimum Gasteiger partial charge on any atom is -0.299 e. The van der Waals surface area contributed by atoms with Crippen molar-refractivity contribution in [1.82, 2.24) is 0 Å². The molecule has 3 saturated carbocycles. The first-order valence-electron chi connectivity index (χ1n) is 6.14. The molecule has 1 heteroatoms. The van der Waals surface area contributed by atoms with Crippen molar-refractivity contribution in [3.63, 3.8) is 0 Å². The second-order valence-electron chi connectivity index (χ2n) is 5.59. The SMILES string of the molecule is CCCC12CCC(C(C)=O)(CC1)CC2. The molecule has 0 N–H and O–H groups in total. The number of hydrogen-bond donors (Lipinski definition) is 0. The lowest BCUT2D eigenvalue weighted by Crippen LogP contribution is -2.45. The molecule has 0 unspecified atom stereocenters. The van der Waals surface area contributed by atoms with Gasteiger partial charge in [-0.15, -0.1) is 0 Å². The van der Waals surface area contributed by atoms with Crippen LogP contribution in [0.4, 0.5) is 0 Å². The van der Waals surface area contributed by atoms with Crippen molar-refractivity contribution in [2.75, 3.05) is 0 Å². The summed E-state index contributed by atoms with van der Waals surface area (Å²) >= 11 is 0. The van der Waals surface area contributed by atoms with Gasteiger partial charge in [-0.2, -0.15) is 0 Å². The lowest BCUT2D eigenvalue weighted by molar-refractivity contribution is -0.136. The maximum atomic E-state index is 11.6. The number of hydrogen-bond acceptors (Lipinski definition) is 1. The zero-order valence-corrected chi connectivity index (χ0v) is 9.57. The molecule has 3 aliphatic rings. The quantitative estimate of drug-likeness (QED) is 0.669. The van der Waals surface area contributed by atoms with E-state index in [9.17, 15) is 4.79 Å². The van der Waals surface area contributed by atoms with Gasteiger partial charge in [-0.1, -0.05) is 13.3 Å². The van der Waals surface area contributed by atoms with Gasteiger partial charge in [0.15, 0.2) is 0 Å². The first-order valence-corrected chi connectivity index (χ1v) is 6.14. The minimum atomic E-state index is 0.121. The van der Waals surface area contributed by atoms with E-state index in [0.717, 1.165) is 0 Å². The van der Waals surface area contributed by atoms with Crippen LogP contribution < -0.4 is 0 Å². The van der Waals surface area contributed by atoms with E-state index in [0.29, 0.717) is 11.2 Å². The highest BCUT2D eigenvalue weighted by molar-refractivity contribution is 5.82. The van der Waals surface area contributed by atoms with Crippen molar-refractivity contribution < 1.29 is 4.79 Å². The number of ketones is 1. The van der Waals surface area contributed by atoms with Gasteiger partial charge in [0, 0.05) is 5.41 Å². The third kappa shape index (κ3) is 1.41. The summed E-state index contributed by atoms with van der Waals surface area (Å²) in [4.78, 5) is 11.6. The van der Waals surface area contributed by atoms with Crippen molar-refractivity contribution in [2.45, 2.75) is 65.2 Å². The molecule has 0 aromatic carbocycles. The van der Waals surface area contributed by atoms with Crippen LogP contribution in [0.5, 0.6) is 0 Å². The fraction of sp³-hybridized carbons (Fsp3) is 0.923. The van der Waals surface area contributed by atoms with E-state index in [1.54, 1.807) is 6.92 Å². The van der Waals surface area contributed by atoms with Crippen LogP contribution in [-0.2, 0) is 4.79 Å². The second kappa shape index (κ2) is 3.36. The Bertz CT molecular complexity index is 217. The van der Waals surface area contributed by atoms with Crippen molar-refractivity contribution >= 4 is 5.78 Å². The molecule has 14 heavy (non-hydrogen) atoms. The molecule has 0 heterocycles. The number of fused-ring (bicyclic) bond motifs is 3. The van der Waals surface area contributed by atoms with E-state index >= 15 is 0 Å². The Morgan fingerprint density at radius 3 is 1.93 bits per heavy atom. The molecule has 0 aromatic rings. The fourth-order valence-electron chi connectivity index (χ4n) is 3.70. The van der Waals surface area contributed by atoms with Crippen LogP contribution in [0.25, 0.3) is 0 Å². The third-order valence-electron chi connectivity index (χ3n) is 4.93. The summed E-state index contributed by atoms with van der Waals surface area (Å²) in [5, 5.41) is 0.